The highest BCUT2D eigenvalue weighted by molar-refractivity contribution is 5.74. The summed E-state index contributed by atoms with van der Waals surface area (Å²) in [7, 11) is 1.77. The zero-order chi connectivity index (χ0) is 15.6. The van der Waals surface area contributed by atoms with E-state index in [0.717, 1.165) is 28.4 Å². The molecule has 0 aliphatic carbocycles. The van der Waals surface area contributed by atoms with Crippen molar-refractivity contribution in [1.29, 1.82) is 0 Å². The van der Waals surface area contributed by atoms with Crippen LogP contribution >= 0.6 is 0 Å². The van der Waals surface area contributed by atoms with Gasteiger partial charge in [0.2, 0.25) is 0 Å². The average molecular weight is 290 g/mol. The molecule has 2 aromatic heterocycles. The summed E-state index contributed by atoms with van der Waals surface area (Å²) < 4.78 is 10.7. The molecule has 0 saturated heterocycles. The maximum absolute atomic E-state index is 12.2. The van der Waals surface area contributed by atoms with E-state index in [-0.39, 0.29) is 12.1 Å². The Hall–Kier alpha value is -2.17. The Morgan fingerprint density at radius 3 is 2.57 bits per heavy atom. The van der Waals surface area contributed by atoms with Crippen molar-refractivity contribution in [3.8, 4) is 0 Å². The molecule has 5 nitrogen and oxygen atoms in total. The van der Waals surface area contributed by atoms with Crippen molar-refractivity contribution >= 4 is 6.03 Å². The maximum Gasteiger partial charge on any atom is 0.317 e. The van der Waals surface area contributed by atoms with E-state index in [2.05, 4.69) is 5.32 Å². The van der Waals surface area contributed by atoms with Crippen molar-refractivity contribution in [3.63, 3.8) is 0 Å². The van der Waals surface area contributed by atoms with Gasteiger partial charge >= 0.3 is 6.03 Å². The lowest BCUT2D eigenvalue weighted by Crippen LogP contribution is -2.38. The number of hydrogen-bond acceptors (Lipinski definition) is 3. The number of nitrogens with zero attached hydrogens (tertiary/aromatic N) is 1. The van der Waals surface area contributed by atoms with Gasteiger partial charge in [0.15, 0.2) is 0 Å². The van der Waals surface area contributed by atoms with Crippen LogP contribution in [0.2, 0.25) is 0 Å². The van der Waals surface area contributed by atoms with Crippen LogP contribution in [-0.4, -0.2) is 18.0 Å². The number of furan rings is 2. The quantitative estimate of drug-likeness (QED) is 0.934. The minimum atomic E-state index is -0.124. The van der Waals surface area contributed by atoms with E-state index in [4.69, 9.17) is 8.83 Å². The first-order chi connectivity index (χ1) is 9.88. The van der Waals surface area contributed by atoms with Crippen LogP contribution in [0.5, 0.6) is 0 Å². The van der Waals surface area contributed by atoms with E-state index in [1.54, 1.807) is 18.2 Å². The number of carbonyl (C=O) groups is 1. The van der Waals surface area contributed by atoms with Gasteiger partial charge in [-0.2, -0.15) is 0 Å². The molecular formula is C16H22N2O3. The molecule has 2 heterocycles. The highest BCUT2D eigenvalue weighted by Crippen LogP contribution is 2.21. The second-order valence-corrected chi connectivity index (χ2v) is 5.40. The van der Waals surface area contributed by atoms with Crippen molar-refractivity contribution in [2.45, 2.75) is 40.3 Å². The van der Waals surface area contributed by atoms with Gasteiger partial charge in [0.25, 0.3) is 0 Å². The number of carbonyl (C=O) groups excluding carboxylic acids is 1. The Morgan fingerprint density at radius 1 is 1.33 bits per heavy atom. The summed E-state index contributed by atoms with van der Waals surface area (Å²) in [5, 5.41) is 2.98. The fourth-order valence-corrected chi connectivity index (χ4v) is 2.36. The van der Waals surface area contributed by atoms with Crippen LogP contribution in [0, 0.1) is 20.8 Å². The SMILES string of the molecule is Cc1cc([C@@H](C)NC(=O)N(C)Cc2ccoc2C)c(C)o1. The number of rotatable bonds is 4. The number of aryl methyl sites for hydroxylation is 3. The van der Waals surface area contributed by atoms with Gasteiger partial charge in [-0.1, -0.05) is 0 Å². The van der Waals surface area contributed by atoms with E-state index < -0.39 is 0 Å². The third-order valence-corrected chi connectivity index (χ3v) is 3.61. The molecular weight excluding hydrogens is 268 g/mol. The van der Waals surface area contributed by atoms with Gasteiger partial charge in [0.1, 0.15) is 17.3 Å². The zero-order valence-electron chi connectivity index (χ0n) is 13.2. The molecule has 0 unspecified atom stereocenters. The molecule has 114 valence electrons. The third-order valence-electron chi connectivity index (χ3n) is 3.61. The lowest BCUT2D eigenvalue weighted by atomic mass is 10.1. The van der Waals surface area contributed by atoms with Crippen molar-refractivity contribution in [3.05, 3.63) is 46.8 Å². The summed E-state index contributed by atoms with van der Waals surface area (Å²) in [4.78, 5) is 13.9. The van der Waals surface area contributed by atoms with Crippen LogP contribution in [0.15, 0.2) is 27.2 Å². The first kappa shape index (κ1) is 15.2. The molecule has 0 fully saturated rings. The number of urea groups is 1. The van der Waals surface area contributed by atoms with Gasteiger partial charge in [-0.05, 0) is 39.8 Å². The largest absolute Gasteiger partial charge is 0.469 e. The van der Waals surface area contributed by atoms with E-state index in [1.807, 2.05) is 39.8 Å². The average Bonchev–Trinajstić information content (AvgIpc) is 2.95. The first-order valence-corrected chi connectivity index (χ1v) is 7.00. The van der Waals surface area contributed by atoms with Crippen LogP contribution in [0.25, 0.3) is 0 Å². The van der Waals surface area contributed by atoms with Crippen molar-refractivity contribution in [2.75, 3.05) is 7.05 Å². The van der Waals surface area contributed by atoms with Gasteiger partial charge in [-0.3, -0.25) is 0 Å². The predicted molar refractivity (Wildman–Crippen MR) is 80.0 cm³/mol. The molecule has 2 rings (SSSR count). The summed E-state index contributed by atoms with van der Waals surface area (Å²) in [6, 6.07) is 3.62. The van der Waals surface area contributed by atoms with Gasteiger partial charge < -0.3 is 19.1 Å². The second-order valence-electron chi connectivity index (χ2n) is 5.40. The molecule has 21 heavy (non-hydrogen) atoms. The van der Waals surface area contributed by atoms with Crippen LogP contribution in [0.1, 0.15) is 41.4 Å². The molecule has 2 amide bonds. The van der Waals surface area contributed by atoms with E-state index >= 15 is 0 Å². The summed E-state index contributed by atoms with van der Waals surface area (Å²) in [5.74, 6) is 2.53. The van der Waals surface area contributed by atoms with Crippen LogP contribution < -0.4 is 5.32 Å². The Bertz CT molecular complexity index is 627. The van der Waals surface area contributed by atoms with Crippen LogP contribution in [-0.2, 0) is 6.54 Å². The molecule has 0 bridgehead atoms. The Balaban J connectivity index is 1.97. The van der Waals surface area contributed by atoms with E-state index in [1.165, 1.54) is 0 Å². The van der Waals surface area contributed by atoms with Crippen LogP contribution in [0.3, 0.4) is 0 Å². The first-order valence-electron chi connectivity index (χ1n) is 7.00. The zero-order valence-corrected chi connectivity index (χ0v) is 13.2. The molecule has 0 spiro atoms. The fourth-order valence-electron chi connectivity index (χ4n) is 2.36. The standard InChI is InChI=1S/C16H22N2O3/c1-10-8-15(13(4)21-10)11(2)17-16(19)18(5)9-14-6-7-20-12(14)3/h6-8,11H,9H2,1-5H3,(H,17,19)/t11-/m1/s1. The Morgan fingerprint density at radius 2 is 2.05 bits per heavy atom. The second kappa shape index (κ2) is 6.08. The normalized spacial score (nSPS) is 12.2. The molecule has 5 heteroatoms. The highest BCUT2D eigenvalue weighted by atomic mass is 16.3. The molecule has 0 aliphatic heterocycles. The molecule has 0 aliphatic rings. The van der Waals surface area contributed by atoms with Crippen molar-refractivity contribution in [1.82, 2.24) is 10.2 Å². The summed E-state index contributed by atoms with van der Waals surface area (Å²) in [6.07, 6.45) is 1.64. The predicted octanol–water partition coefficient (Wildman–Crippen LogP) is 3.70. The maximum atomic E-state index is 12.2. The van der Waals surface area contributed by atoms with Gasteiger partial charge in [-0.15, -0.1) is 0 Å². The Kier molecular flexibility index (Phi) is 4.40. The van der Waals surface area contributed by atoms with Crippen molar-refractivity contribution < 1.29 is 13.6 Å². The summed E-state index contributed by atoms with van der Waals surface area (Å²) in [6.45, 7) is 8.17. The smallest absolute Gasteiger partial charge is 0.317 e. The van der Waals surface area contributed by atoms with Crippen molar-refractivity contribution in [2.24, 2.45) is 0 Å². The van der Waals surface area contributed by atoms with Gasteiger partial charge in [-0.25, -0.2) is 4.79 Å². The number of hydrogen-bond donors (Lipinski definition) is 1. The molecule has 0 aromatic carbocycles. The van der Waals surface area contributed by atoms with E-state index in [0.29, 0.717) is 6.54 Å². The molecule has 0 radical (unpaired) electrons. The summed E-state index contributed by atoms with van der Waals surface area (Å²) in [5.41, 5.74) is 2.02. The minimum Gasteiger partial charge on any atom is -0.469 e. The van der Waals surface area contributed by atoms with E-state index in [9.17, 15) is 4.79 Å². The lowest BCUT2D eigenvalue weighted by Gasteiger charge is -2.21. The molecule has 1 N–H and O–H groups in total. The third kappa shape index (κ3) is 3.48. The lowest BCUT2D eigenvalue weighted by molar-refractivity contribution is 0.203. The van der Waals surface area contributed by atoms with Gasteiger partial charge in [0.05, 0.1) is 18.8 Å². The van der Waals surface area contributed by atoms with Crippen LogP contribution in [0.4, 0.5) is 4.79 Å². The molecule has 2 aromatic rings. The fraction of sp³-hybridized carbons (Fsp3) is 0.438. The summed E-state index contributed by atoms with van der Waals surface area (Å²) >= 11 is 0. The molecule has 0 saturated carbocycles. The molecule has 1 atom stereocenters. The number of nitrogens with one attached hydrogen (secondary N) is 1. The Labute approximate surface area is 124 Å². The minimum absolute atomic E-state index is 0.0946. The number of amides is 2. The monoisotopic (exact) mass is 290 g/mol. The topological polar surface area (TPSA) is 58.6 Å². The highest BCUT2D eigenvalue weighted by Gasteiger charge is 2.18. The van der Waals surface area contributed by atoms with Gasteiger partial charge in [0, 0.05) is 18.2 Å².